The number of hydrogen-bond acceptors (Lipinski definition) is 9. The molecule has 2 aliphatic carbocycles. The molecule has 0 radical (unpaired) electrons. The minimum absolute atomic E-state index is 0.00245. The molecule has 3 aliphatic rings. The van der Waals surface area contributed by atoms with Gasteiger partial charge in [-0.1, -0.05) is 24.3 Å². The van der Waals surface area contributed by atoms with Crippen molar-refractivity contribution in [3.05, 3.63) is 63.7 Å². The number of aromatic hydroxyl groups is 2. The molecule has 0 unspecified atom stereocenters. The van der Waals surface area contributed by atoms with E-state index in [9.17, 15) is 34.8 Å². The molecule has 0 bridgehead atoms. The van der Waals surface area contributed by atoms with Crippen LogP contribution in [0.15, 0.2) is 30.4 Å². The molecule has 0 spiro atoms. The molecular formula is C26H25NO8. The van der Waals surface area contributed by atoms with E-state index >= 15 is 0 Å². The predicted molar refractivity (Wildman–Crippen MR) is 123 cm³/mol. The van der Waals surface area contributed by atoms with Gasteiger partial charge in [-0.2, -0.15) is 0 Å². The number of phenolic OH excluding ortho intramolecular Hbond substituents is 2. The zero-order chi connectivity index (χ0) is 25.1. The number of aliphatic hydroxyl groups excluding tert-OH is 1. The molecule has 35 heavy (non-hydrogen) atoms. The maximum absolute atomic E-state index is 13.4. The third-order valence-corrected chi connectivity index (χ3v) is 7.12. The average Bonchev–Trinajstić information content (AvgIpc) is 2.84. The van der Waals surface area contributed by atoms with Crippen molar-refractivity contribution in [1.82, 2.24) is 4.90 Å². The van der Waals surface area contributed by atoms with Crippen LogP contribution in [0.4, 0.5) is 0 Å². The Bertz CT molecular complexity index is 1310. The highest BCUT2D eigenvalue weighted by molar-refractivity contribution is 6.31. The van der Waals surface area contributed by atoms with E-state index in [0.717, 1.165) is 6.42 Å². The first-order chi connectivity index (χ1) is 16.7. The van der Waals surface area contributed by atoms with Crippen LogP contribution in [0.25, 0.3) is 0 Å². The van der Waals surface area contributed by atoms with Gasteiger partial charge in [0.2, 0.25) is 5.78 Å². The number of fused-ring (bicyclic) bond motifs is 3. The highest BCUT2D eigenvalue weighted by atomic mass is 16.5. The number of aliphatic hydroxyl groups is 2. The van der Waals surface area contributed by atoms with Crippen molar-refractivity contribution in [2.75, 3.05) is 26.7 Å². The average molecular weight is 479 g/mol. The molecule has 0 aromatic heterocycles. The van der Waals surface area contributed by atoms with Gasteiger partial charge >= 0.3 is 0 Å². The molecule has 0 saturated heterocycles. The maximum Gasteiger partial charge on any atom is 0.202 e. The van der Waals surface area contributed by atoms with Gasteiger partial charge in [-0.25, -0.2) is 0 Å². The summed E-state index contributed by atoms with van der Waals surface area (Å²) in [6, 6.07) is 4.45. The molecule has 1 aliphatic heterocycles. The largest absolute Gasteiger partial charge is 0.507 e. The molecule has 0 fully saturated rings. The third-order valence-electron chi connectivity index (χ3n) is 7.12. The lowest BCUT2D eigenvalue weighted by atomic mass is 9.72. The van der Waals surface area contributed by atoms with E-state index in [1.807, 2.05) is 17.1 Å². The van der Waals surface area contributed by atoms with E-state index < -0.39 is 64.5 Å². The van der Waals surface area contributed by atoms with Gasteiger partial charge in [0.05, 0.1) is 36.4 Å². The number of benzene rings is 2. The Morgan fingerprint density at radius 2 is 1.86 bits per heavy atom. The number of carbonyl (C=O) groups excluding carboxylic acids is 3. The SMILES string of the molecule is COc1cccc2c1C(=O)c1c(O)c3c(c(O)c1C2=O)C[C@@](O)(C(=O)CN1CC=CCC1)C[C@@H]3O. The number of ketones is 3. The van der Waals surface area contributed by atoms with Crippen LogP contribution in [0.2, 0.25) is 0 Å². The molecule has 4 N–H and O–H groups in total. The second-order valence-electron chi connectivity index (χ2n) is 9.23. The zero-order valence-electron chi connectivity index (χ0n) is 19.1. The van der Waals surface area contributed by atoms with E-state index in [0.29, 0.717) is 13.1 Å². The first-order valence-corrected chi connectivity index (χ1v) is 11.4. The standard InChI is InChI=1S/C26H25NO8/c1-35-16-7-5-6-13-19(16)25(33)21-20(22(13)30)23(31)14-10-26(34,11-15(28)18(14)24(21)32)17(29)12-27-8-3-2-4-9-27/h2-3,5-7,15,28,31-32,34H,4,8-12H2,1H3/t15-,26-/m0/s1. The zero-order valence-corrected chi connectivity index (χ0v) is 19.1. The van der Waals surface area contributed by atoms with Gasteiger partial charge in [0.1, 0.15) is 22.8 Å². The summed E-state index contributed by atoms with van der Waals surface area (Å²) in [5.74, 6) is -3.12. The van der Waals surface area contributed by atoms with Crippen molar-refractivity contribution in [3.8, 4) is 17.2 Å². The molecule has 2 atom stereocenters. The fourth-order valence-electron chi connectivity index (χ4n) is 5.34. The summed E-state index contributed by atoms with van der Waals surface area (Å²) in [4.78, 5) is 41.6. The second kappa shape index (κ2) is 8.30. The number of ether oxygens (including phenoxy) is 1. The lowest BCUT2D eigenvalue weighted by Crippen LogP contribution is -2.50. The van der Waals surface area contributed by atoms with Crippen LogP contribution in [-0.2, 0) is 11.2 Å². The van der Waals surface area contributed by atoms with Crippen LogP contribution in [0.1, 0.15) is 61.9 Å². The second-order valence-corrected chi connectivity index (χ2v) is 9.23. The van der Waals surface area contributed by atoms with Crippen molar-refractivity contribution in [2.45, 2.75) is 31.0 Å². The highest BCUT2D eigenvalue weighted by Gasteiger charge is 2.48. The van der Waals surface area contributed by atoms with E-state index in [1.165, 1.54) is 25.3 Å². The topological polar surface area (TPSA) is 145 Å². The minimum Gasteiger partial charge on any atom is -0.507 e. The molecule has 5 rings (SSSR count). The van der Waals surface area contributed by atoms with E-state index in [2.05, 4.69) is 0 Å². The Kier molecular flexibility index (Phi) is 5.51. The molecule has 9 nitrogen and oxygen atoms in total. The first kappa shape index (κ1) is 23.2. The molecule has 0 amide bonds. The number of methoxy groups -OCH3 is 1. The molecule has 0 saturated carbocycles. The summed E-state index contributed by atoms with van der Waals surface area (Å²) < 4.78 is 5.22. The number of hydrogen-bond donors (Lipinski definition) is 4. The van der Waals surface area contributed by atoms with Crippen molar-refractivity contribution in [2.24, 2.45) is 0 Å². The quantitative estimate of drug-likeness (QED) is 0.322. The number of nitrogens with zero attached hydrogens (tertiary/aromatic N) is 1. The Hall–Kier alpha value is -3.53. The van der Waals surface area contributed by atoms with Crippen LogP contribution >= 0.6 is 0 Å². The van der Waals surface area contributed by atoms with E-state index in [4.69, 9.17) is 4.74 Å². The summed E-state index contributed by atoms with van der Waals surface area (Å²) in [6.45, 7) is 1.15. The highest BCUT2D eigenvalue weighted by Crippen LogP contribution is 2.51. The fourth-order valence-corrected chi connectivity index (χ4v) is 5.34. The molecule has 9 heteroatoms. The van der Waals surface area contributed by atoms with Gasteiger partial charge in [-0.05, 0) is 12.5 Å². The maximum atomic E-state index is 13.4. The summed E-state index contributed by atoms with van der Waals surface area (Å²) in [5.41, 5.74) is -3.21. The summed E-state index contributed by atoms with van der Waals surface area (Å²) >= 11 is 0. The number of Topliss-reactive ketones (excluding diaryl/α,β-unsaturated/α-hetero) is 1. The molecule has 2 aromatic rings. The van der Waals surface area contributed by atoms with Gasteiger partial charge in [0, 0.05) is 42.6 Å². The summed E-state index contributed by atoms with van der Waals surface area (Å²) in [7, 11) is 1.34. The third kappa shape index (κ3) is 3.46. The normalized spacial score (nSPS) is 23.5. The predicted octanol–water partition coefficient (Wildman–Crippen LogP) is 1.42. The Morgan fingerprint density at radius 3 is 2.54 bits per heavy atom. The fraction of sp³-hybridized carbons (Fsp3) is 0.346. The van der Waals surface area contributed by atoms with Crippen LogP contribution in [-0.4, -0.2) is 75.0 Å². The van der Waals surface area contributed by atoms with Crippen LogP contribution in [0, 0.1) is 0 Å². The smallest absolute Gasteiger partial charge is 0.202 e. The molecule has 1 heterocycles. The van der Waals surface area contributed by atoms with Gasteiger partial charge < -0.3 is 25.2 Å². The van der Waals surface area contributed by atoms with Gasteiger partial charge in [-0.3, -0.25) is 19.3 Å². The monoisotopic (exact) mass is 479 g/mol. The van der Waals surface area contributed by atoms with Crippen LogP contribution in [0.3, 0.4) is 0 Å². The number of rotatable bonds is 4. The lowest BCUT2D eigenvalue weighted by Gasteiger charge is -2.38. The van der Waals surface area contributed by atoms with Crippen molar-refractivity contribution < 1.29 is 39.5 Å². The molecule has 182 valence electrons. The van der Waals surface area contributed by atoms with E-state index in [-0.39, 0.29) is 34.5 Å². The van der Waals surface area contributed by atoms with Crippen molar-refractivity contribution in [1.29, 1.82) is 0 Å². The summed E-state index contributed by atoms with van der Waals surface area (Å²) in [6.07, 6.45) is 2.33. The van der Waals surface area contributed by atoms with Crippen molar-refractivity contribution in [3.63, 3.8) is 0 Å². The van der Waals surface area contributed by atoms with Crippen LogP contribution in [0.5, 0.6) is 17.2 Å². The minimum atomic E-state index is -2.02. The van der Waals surface area contributed by atoms with Crippen molar-refractivity contribution >= 4 is 17.3 Å². The van der Waals surface area contributed by atoms with Crippen LogP contribution < -0.4 is 4.74 Å². The summed E-state index contributed by atoms with van der Waals surface area (Å²) in [5, 5.41) is 44.3. The number of carbonyl (C=O) groups is 3. The lowest BCUT2D eigenvalue weighted by molar-refractivity contribution is -0.143. The van der Waals surface area contributed by atoms with Gasteiger partial charge in [0.15, 0.2) is 11.6 Å². The van der Waals surface area contributed by atoms with E-state index in [1.54, 1.807) is 0 Å². The van der Waals surface area contributed by atoms with Gasteiger partial charge in [-0.15, -0.1) is 0 Å². The molecular weight excluding hydrogens is 454 g/mol. The Balaban J connectivity index is 1.60. The Labute approximate surface area is 200 Å². The van der Waals surface area contributed by atoms with Gasteiger partial charge in [0.25, 0.3) is 0 Å². The Morgan fingerprint density at radius 1 is 1.11 bits per heavy atom. The first-order valence-electron chi connectivity index (χ1n) is 11.4. The number of phenols is 2. The molecule has 2 aromatic carbocycles.